The number of carbonyl (C=O) groups excluding carboxylic acids is 5. The lowest BCUT2D eigenvalue weighted by atomic mass is 9.84. The van der Waals surface area contributed by atoms with Gasteiger partial charge in [-0.1, -0.05) is 99.9 Å². The van der Waals surface area contributed by atoms with E-state index in [9.17, 15) is 47.4 Å². The molecule has 7 heterocycles. The Morgan fingerprint density at radius 2 is 1.56 bits per heavy atom. The van der Waals surface area contributed by atoms with Crippen LogP contribution in [0.1, 0.15) is 140 Å². The number of fused-ring (bicyclic) bond motifs is 2. The summed E-state index contributed by atoms with van der Waals surface area (Å²) >= 11 is 2.93. The summed E-state index contributed by atoms with van der Waals surface area (Å²) in [7, 11) is -4.71. The fourth-order valence-electron chi connectivity index (χ4n) is 13.8. The SMILES string of the molecule is Cc1ncsc1-c1ccc([C@H](C)NC(=O)[C@@H]2C[C@@H](O)CN2C(=O)[C@@H](NC(=O)C2CCN(c3ccc(S(=O)(=O)NC(=O)c4nc(N5CCc6cccc(C(=O)Nc7nc8ccccc8s7)c6C5)ccc4-c4cnn(CC5CCCCC5)c4C)cc3CC(=O)O)CC2)C(C)(C)C)cc1. The first kappa shape index (κ1) is 67.1. The molecule has 4 aliphatic rings. The van der Waals surface area contributed by atoms with Crippen molar-refractivity contribution in [2.45, 2.75) is 148 Å². The Hall–Kier alpha value is -8.91. The second-order valence-corrected chi connectivity index (χ2v) is 30.4. The number of likely N-dealkylation sites (tertiary alicyclic amines) is 1. The maximum atomic E-state index is 14.9. The number of amides is 5. The second-order valence-electron chi connectivity index (χ2n) is 26.8. The summed E-state index contributed by atoms with van der Waals surface area (Å²) < 4.78 is 34.4. The van der Waals surface area contributed by atoms with Crippen LogP contribution in [0.25, 0.3) is 31.8 Å². The number of piperidine rings is 1. The van der Waals surface area contributed by atoms with Crippen molar-refractivity contribution < 1.29 is 47.4 Å². The third kappa shape index (κ3) is 14.6. The topological polar surface area (TPSA) is 291 Å². The number of aryl methyl sites for hydroxylation is 1. The lowest BCUT2D eigenvalue weighted by Gasteiger charge is -2.38. The zero-order valence-corrected chi connectivity index (χ0v) is 57.1. The Kier molecular flexibility index (Phi) is 19.6. The van der Waals surface area contributed by atoms with Gasteiger partial charge in [0, 0.05) is 79.7 Å². The molecule has 4 atom stereocenters. The number of sulfonamides is 1. The second kappa shape index (κ2) is 28.0. The monoisotopic (exact) mass is 1360 g/mol. The number of β-amino-alcohol motifs (C(OH)–C–C–N with tert-alkyl or cyclic N) is 1. The number of nitrogens with zero attached hydrogens (tertiary/aromatic N) is 8. The number of hydrogen-bond donors (Lipinski definition) is 6. The number of carboxylic acid groups (broad SMARTS) is 1. The van der Waals surface area contributed by atoms with Crippen molar-refractivity contribution in [3.05, 3.63) is 154 Å². The van der Waals surface area contributed by atoms with Crippen LogP contribution in [0.3, 0.4) is 0 Å². The Labute approximate surface area is 566 Å². The van der Waals surface area contributed by atoms with Crippen LogP contribution in [0.2, 0.25) is 0 Å². The average Bonchev–Trinajstić information content (AvgIpc) is 1.26. The molecule has 96 heavy (non-hydrogen) atoms. The summed E-state index contributed by atoms with van der Waals surface area (Å²) in [6, 6.07) is 26.3. The molecule has 2 saturated heterocycles. The van der Waals surface area contributed by atoms with E-state index in [1.165, 1.54) is 40.9 Å². The molecule has 4 aromatic carbocycles. The molecule has 5 amide bonds. The summed E-state index contributed by atoms with van der Waals surface area (Å²) in [5.74, 6) is -3.60. The van der Waals surface area contributed by atoms with Crippen molar-refractivity contribution in [2.24, 2.45) is 17.3 Å². The summed E-state index contributed by atoms with van der Waals surface area (Å²) in [5.41, 5.74) is 8.97. The van der Waals surface area contributed by atoms with Crippen molar-refractivity contribution in [3.8, 4) is 21.6 Å². The number of carboxylic acids is 1. The third-order valence-corrected chi connectivity index (χ3v) is 22.4. The lowest BCUT2D eigenvalue weighted by molar-refractivity contribution is -0.144. The van der Waals surface area contributed by atoms with Gasteiger partial charge in [-0.15, -0.1) is 11.3 Å². The van der Waals surface area contributed by atoms with Crippen LogP contribution in [0.5, 0.6) is 0 Å². The molecule has 502 valence electrons. The van der Waals surface area contributed by atoms with Crippen LogP contribution >= 0.6 is 22.7 Å². The van der Waals surface area contributed by atoms with Crippen LogP contribution in [-0.4, -0.2) is 128 Å². The molecule has 3 fully saturated rings. The number of aliphatic hydroxyl groups is 1. The van der Waals surface area contributed by atoms with E-state index in [4.69, 9.17) is 10.1 Å². The molecule has 3 aliphatic heterocycles. The summed E-state index contributed by atoms with van der Waals surface area (Å²) in [5, 5.41) is 35.4. The smallest absolute Gasteiger partial charge is 0.307 e. The molecule has 1 aliphatic carbocycles. The minimum atomic E-state index is -4.71. The van der Waals surface area contributed by atoms with E-state index in [0.717, 1.165) is 74.4 Å². The predicted molar refractivity (Wildman–Crippen MR) is 369 cm³/mol. The lowest BCUT2D eigenvalue weighted by Crippen LogP contribution is -2.59. The zero-order chi connectivity index (χ0) is 67.7. The fourth-order valence-corrected chi connectivity index (χ4v) is 16.5. The number of hydrogen-bond acceptors (Lipinski definition) is 17. The maximum absolute atomic E-state index is 14.9. The van der Waals surface area contributed by atoms with Gasteiger partial charge >= 0.3 is 5.97 Å². The van der Waals surface area contributed by atoms with Crippen LogP contribution in [0.4, 0.5) is 16.6 Å². The summed E-state index contributed by atoms with van der Waals surface area (Å²) in [6.07, 6.45) is 7.00. The van der Waals surface area contributed by atoms with Gasteiger partial charge in [0.25, 0.3) is 21.8 Å². The largest absolute Gasteiger partial charge is 0.481 e. The average molecular weight is 1360 g/mol. The van der Waals surface area contributed by atoms with Crippen LogP contribution in [0.15, 0.2) is 114 Å². The van der Waals surface area contributed by atoms with Gasteiger partial charge in [0.15, 0.2) is 5.13 Å². The minimum absolute atomic E-state index is 0.0268. The Bertz CT molecular complexity index is 4360. The number of para-hydroxylation sites is 1. The number of thiazole rings is 2. The predicted octanol–water partition coefficient (Wildman–Crippen LogP) is 10.0. The number of anilines is 3. The number of pyridine rings is 1. The van der Waals surface area contributed by atoms with E-state index < -0.39 is 75.7 Å². The quantitative estimate of drug-likeness (QED) is 0.0439. The van der Waals surface area contributed by atoms with Crippen LogP contribution < -0.4 is 30.5 Å². The first-order chi connectivity index (χ1) is 46.0. The number of rotatable bonds is 19. The van der Waals surface area contributed by atoms with Gasteiger partial charge < -0.3 is 35.5 Å². The maximum Gasteiger partial charge on any atom is 0.307 e. The highest BCUT2D eigenvalue weighted by molar-refractivity contribution is 7.90. The number of aromatic nitrogens is 5. The normalized spacial score (nSPS) is 17.8. The number of aliphatic carboxylic acids is 1. The summed E-state index contributed by atoms with van der Waals surface area (Å²) in [6.45, 7) is 13.1. The Morgan fingerprint density at radius 1 is 0.802 bits per heavy atom. The zero-order valence-electron chi connectivity index (χ0n) is 54.6. The van der Waals surface area contributed by atoms with E-state index in [1.807, 2.05) is 117 Å². The molecule has 8 aromatic rings. The molecular weight excluding hydrogens is 1280 g/mol. The van der Waals surface area contributed by atoms with Crippen molar-refractivity contribution in [1.29, 1.82) is 0 Å². The van der Waals surface area contributed by atoms with Crippen molar-refractivity contribution in [2.75, 3.05) is 41.3 Å². The highest BCUT2D eigenvalue weighted by Crippen LogP contribution is 2.37. The first-order valence-corrected chi connectivity index (χ1v) is 36.0. The standard InChI is InChI=1S/C71H80N12O10S3/c1-41(45-19-21-47(22-20-45)63-42(2)72-40-94-63)74-67(89)58-35-50(84)38-82(58)69(91)64(71(4,5)6)77-65(87)48-28-30-80(31-29-48)57-25-23-51(33-49(57)34-61(85)86)96(92,93)79-68(90)62-52(54-36-73-83(43(54)3)37-44-13-8-7-9-14-44)24-26-60(76-62)81-32-27-46-15-12-16-53(55(46)39-81)66(88)78-70-75-56-17-10-11-18-59(56)95-70/h10-12,15-26,33,36,40-41,44,48,50,58,64,84H,7-9,13-14,27-32,34-35,37-39H2,1-6H3,(H,74,89)(H,77,87)(H,79,90)(H,85,86)(H,75,78,88)/t41-,50+,58-,64+/m0/s1. The van der Waals surface area contributed by atoms with Gasteiger partial charge in [-0.25, -0.2) is 28.1 Å². The van der Waals surface area contributed by atoms with Gasteiger partial charge in [0.1, 0.15) is 23.6 Å². The van der Waals surface area contributed by atoms with Gasteiger partial charge in [0.05, 0.1) is 56.0 Å². The van der Waals surface area contributed by atoms with E-state index in [-0.39, 0.29) is 60.6 Å². The van der Waals surface area contributed by atoms with Crippen molar-refractivity contribution in [3.63, 3.8) is 0 Å². The Balaban J connectivity index is 0.736. The number of nitrogens with one attached hydrogen (secondary N) is 4. The van der Waals surface area contributed by atoms with E-state index >= 15 is 0 Å². The molecule has 0 bridgehead atoms. The van der Waals surface area contributed by atoms with Gasteiger partial charge in [0.2, 0.25) is 17.7 Å². The van der Waals surface area contributed by atoms with Crippen LogP contribution in [-0.2, 0) is 55.1 Å². The highest BCUT2D eigenvalue weighted by atomic mass is 32.2. The van der Waals surface area contributed by atoms with Crippen molar-refractivity contribution in [1.82, 2.24) is 45.0 Å². The molecule has 4 aromatic heterocycles. The van der Waals surface area contributed by atoms with Gasteiger partial charge in [-0.05, 0) is 141 Å². The van der Waals surface area contributed by atoms with E-state index in [1.54, 1.807) is 41.2 Å². The molecule has 6 N–H and O–H groups in total. The molecule has 0 unspecified atom stereocenters. The summed E-state index contributed by atoms with van der Waals surface area (Å²) in [4.78, 5) is 104. The number of aliphatic hydroxyl groups excluding tert-OH is 1. The number of benzene rings is 4. The Morgan fingerprint density at radius 3 is 2.28 bits per heavy atom. The molecule has 0 radical (unpaired) electrons. The van der Waals surface area contributed by atoms with E-state index in [2.05, 4.69) is 30.6 Å². The van der Waals surface area contributed by atoms with E-state index in [0.29, 0.717) is 71.6 Å². The first-order valence-electron chi connectivity index (χ1n) is 32.8. The highest BCUT2D eigenvalue weighted by Gasteiger charge is 2.46. The molecule has 12 rings (SSSR count). The van der Waals surface area contributed by atoms with Gasteiger partial charge in [-0.3, -0.25) is 38.8 Å². The molecule has 25 heteroatoms. The number of carbonyl (C=O) groups is 6. The molecule has 22 nitrogen and oxygen atoms in total. The molecule has 1 saturated carbocycles. The molecule has 0 spiro atoms. The minimum Gasteiger partial charge on any atom is -0.481 e. The van der Waals surface area contributed by atoms with Crippen LogP contribution in [0, 0.1) is 31.1 Å². The molecular formula is C71H80N12O10S3. The third-order valence-electron chi connectivity index (χ3n) is 19.2. The van der Waals surface area contributed by atoms with Crippen molar-refractivity contribution >= 4 is 95.1 Å². The van der Waals surface area contributed by atoms with Gasteiger partial charge in [-0.2, -0.15) is 5.10 Å². The fraction of sp³-hybridized carbons (Fsp3) is 0.408.